The molecule has 0 radical (unpaired) electrons. The van der Waals surface area contributed by atoms with Crippen LogP contribution in [0.5, 0.6) is 0 Å². The summed E-state index contributed by atoms with van der Waals surface area (Å²) in [6.45, 7) is 3.26. The Labute approximate surface area is 122 Å². The summed E-state index contributed by atoms with van der Waals surface area (Å²) in [5, 5.41) is 6.95. The topological polar surface area (TPSA) is 24.9 Å². The van der Waals surface area contributed by atoms with Gasteiger partial charge in [-0.1, -0.05) is 17.7 Å². The molecule has 0 spiro atoms. The summed E-state index contributed by atoms with van der Waals surface area (Å²) >= 11 is 3.65. The Morgan fingerprint density at radius 2 is 2.21 bits per heavy atom. The third kappa shape index (κ3) is 3.38. The van der Waals surface area contributed by atoms with Crippen LogP contribution < -0.4 is 5.32 Å². The second-order valence-electron chi connectivity index (χ2n) is 4.92. The van der Waals surface area contributed by atoms with Crippen LogP contribution in [-0.2, 0) is 5.75 Å². The van der Waals surface area contributed by atoms with Gasteiger partial charge in [0.2, 0.25) is 0 Å². The van der Waals surface area contributed by atoms with E-state index in [-0.39, 0.29) is 0 Å². The lowest BCUT2D eigenvalue weighted by atomic mass is 10.2. The zero-order valence-electron chi connectivity index (χ0n) is 11.1. The van der Waals surface area contributed by atoms with Crippen molar-refractivity contribution in [2.75, 3.05) is 6.54 Å². The minimum atomic E-state index is 0.495. The van der Waals surface area contributed by atoms with Gasteiger partial charge in [-0.05, 0) is 38.4 Å². The molecule has 0 bridgehead atoms. The number of aryl methyl sites for hydroxylation is 1. The fraction of sp³-hybridized carbons (Fsp3) is 0.400. The first-order valence-corrected chi connectivity index (χ1v) is 8.55. The zero-order chi connectivity index (χ0) is 13.1. The molecule has 0 saturated carbocycles. The van der Waals surface area contributed by atoms with Crippen LogP contribution in [0.4, 0.5) is 0 Å². The minimum absolute atomic E-state index is 0.495. The predicted molar refractivity (Wildman–Crippen MR) is 82.8 cm³/mol. The lowest BCUT2D eigenvalue weighted by molar-refractivity contribution is 0.630. The SMILES string of the molecule is Cc1ccc(SCc2nc(C3CCCN3)cs2)cc1. The number of hydrogen-bond acceptors (Lipinski definition) is 4. The second kappa shape index (κ2) is 6.07. The van der Waals surface area contributed by atoms with Crippen molar-refractivity contribution >= 4 is 23.1 Å². The molecule has 1 aromatic heterocycles. The van der Waals surface area contributed by atoms with E-state index < -0.39 is 0 Å². The summed E-state index contributed by atoms with van der Waals surface area (Å²) in [7, 11) is 0. The Morgan fingerprint density at radius 1 is 1.37 bits per heavy atom. The van der Waals surface area contributed by atoms with Crippen molar-refractivity contribution in [1.82, 2.24) is 10.3 Å². The van der Waals surface area contributed by atoms with Crippen molar-refractivity contribution in [3.63, 3.8) is 0 Å². The number of nitrogens with one attached hydrogen (secondary N) is 1. The molecule has 1 unspecified atom stereocenters. The van der Waals surface area contributed by atoms with E-state index in [1.165, 1.54) is 34.0 Å². The highest BCUT2D eigenvalue weighted by atomic mass is 32.2. The highest BCUT2D eigenvalue weighted by Crippen LogP contribution is 2.28. The summed E-state index contributed by atoms with van der Waals surface area (Å²) in [6.07, 6.45) is 2.50. The molecule has 1 aromatic carbocycles. The van der Waals surface area contributed by atoms with Crippen molar-refractivity contribution in [2.24, 2.45) is 0 Å². The maximum Gasteiger partial charge on any atom is 0.103 e. The minimum Gasteiger partial charge on any atom is -0.309 e. The molecule has 0 aliphatic carbocycles. The molecule has 19 heavy (non-hydrogen) atoms. The Hall–Kier alpha value is -0.840. The van der Waals surface area contributed by atoms with Gasteiger partial charge in [0.05, 0.1) is 17.5 Å². The molecule has 2 nitrogen and oxygen atoms in total. The fourth-order valence-electron chi connectivity index (χ4n) is 2.27. The standard InChI is InChI=1S/C15H18N2S2/c1-11-4-6-12(7-5-11)18-10-15-17-14(9-19-15)13-3-2-8-16-13/h4-7,9,13,16H,2-3,8,10H2,1H3. The van der Waals surface area contributed by atoms with E-state index in [4.69, 9.17) is 4.98 Å². The first-order valence-electron chi connectivity index (χ1n) is 6.68. The van der Waals surface area contributed by atoms with E-state index in [2.05, 4.69) is 41.9 Å². The molecular weight excluding hydrogens is 272 g/mol. The maximum absolute atomic E-state index is 4.76. The maximum atomic E-state index is 4.76. The summed E-state index contributed by atoms with van der Waals surface area (Å²) in [4.78, 5) is 6.08. The average Bonchev–Trinajstić information content (AvgIpc) is 3.09. The molecule has 1 aliphatic rings. The Balaban J connectivity index is 1.59. The van der Waals surface area contributed by atoms with Crippen LogP contribution in [0.2, 0.25) is 0 Å². The molecule has 1 N–H and O–H groups in total. The normalized spacial score (nSPS) is 18.9. The number of benzene rings is 1. The fourth-order valence-corrected chi connectivity index (χ4v) is 4.03. The summed E-state index contributed by atoms with van der Waals surface area (Å²) < 4.78 is 0. The van der Waals surface area contributed by atoms with Crippen molar-refractivity contribution < 1.29 is 0 Å². The van der Waals surface area contributed by atoms with E-state index >= 15 is 0 Å². The molecule has 0 amide bonds. The van der Waals surface area contributed by atoms with Crippen molar-refractivity contribution in [3.05, 3.63) is 45.9 Å². The molecule has 3 rings (SSSR count). The molecule has 100 valence electrons. The van der Waals surface area contributed by atoms with Crippen LogP contribution in [-0.4, -0.2) is 11.5 Å². The Morgan fingerprint density at radius 3 is 2.95 bits per heavy atom. The highest BCUT2D eigenvalue weighted by Gasteiger charge is 2.18. The zero-order valence-corrected chi connectivity index (χ0v) is 12.7. The van der Waals surface area contributed by atoms with Crippen LogP contribution in [0.15, 0.2) is 34.5 Å². The van der Waals surface area contributed by atoms with Gasteiger partial charge in [0.25, 0.3) is 0 Å². The van der Waals surface area contributed by atoms with Crippen LogP contribution in [0.3, 0.4) is 0 Å². The van der Waals surface area contributed by atoms with Crippen LogP contribution >= 0.6 is 23.1 Å². The van der Waals surface area contributed by atoms with E-state index in [1.54, 1.807) is 11.3 Å². The largest absolute Gasteiger partial charge is 0.309 e. The molecule has 1 aliphatic heterocycles. The molecule has 2 heterocycles. The molecule has 1 fully saturated rings. The quantitative estimate of drug-likeness (QED) is 0.856. The third-order valence-electron chi connectivity index (χ3n) is 3.37. The van der Waals surface area contributed by atoms with E-state index in [1.807, 2.05) is 11.8 Å². The smallest absolute Gasteiger partial charge is 0.103 e. The lowest BCUT2D eigenvalue weighted by Gasteiger charge is -2.05. The van der Waals surface area contributed by atoms with Crippen molar-refractivity contribution in [1.29, 1.82) is 0 Å². The molecule has 1 atom stereocenters. The summed E-state index contributed by atoms with van der Waals surface area (Å²) in [5.41, 5.74) is 2.55. The average molecular weight is 290 g/mol. The second-order valence-corrected chi connectivity index (χ2v) is 6.91. The molecular formula is C15H18N2S2. The van der Waals surface area contributed by atoms with Gasteiger partial charge in [0.15, 0.2) is 0 Å². The van der Waals surface area contributed by atoms with Crippen LogP contribution in [0.25, 0.3) is 0 Å². The third-order valence-corrected chi connectivity index (χ3v) is 5.44. The van der Waals surface area contributed by atoms with Gasteiger partial charge in [-0.15, -0.1) is 23.1 Å². The summed E-state index contributed by atoms with van der Waals surface area (Å²) in [6, 6.07) is 9.20. The van der Waals surface area contributed by atoms with Gasteiger partial charge in [-0.25, -0.2) is 4.98 Å². The number of thiazole rings is 1. The monoisotopic (exact) mass is 290 g/mol. The molecule has 2 aromatic rings. The van der Waals surface area contributed by atoms with Crippen molar-refractivity contribution in [3.8, 4) is 0 Å². The number of nitrogens with zero attached hydrogens (tertiary/aromatic N) is 1. The number of rotatable bonds is 4. The highest BCUT2D eigenvalue weighted by molar-refractivity contribution is 7.98. The number of hydrogen-bond donors (Lipinski definition) is 1. The number of thioether (sulfide) groups is 1. The van der Waals surface area contributed by atoms with Gasteiger partial charge >= 0.3 is 0 Å². The van der Waals surface area contributed by atoms with E-state index in [9.17, 15) is 0 Å². The van der Waals surface area contributed by atoms with Gasteiger partial charge in [0, 0.05) is 10.3 Å². The van der Waals surface area contributed by atoms with Gasteiger partial charge in [-0.2, -0.15) is 0 Å². The molecule has 1 saturated heterocycles. The Kier molecular flexibility index (Phi) is 4.21. The van der Waals surface area contributed by atoms with Crippen molar-refractivity contribution in [2.45, 2.75) is 36.5 Å². The van der Waals surface area contributed by atoms with E-state index in [0.29, 0.717) is 6.04 Å². The van der Waals surface area contributed by atoms with Gasteiger partial charge in [-0.3, -0.25) is 0 Å². The first kappa shape index (κ1) is 13.2. The lowest BCUT2D eigenvalue weighted by Crippen LogP contribution is -2.13. The summed E-state index contributed by atoms with van der Waals surface area (Å²) in [5.74, 6) is 0.973. The first-order chi connectivity index (χ1) is 9.31. The van der Waals surface area contributed by atoms with E-state index in [0.717, 1.165) is 12.3 Å². The van der Waals surface area contributed by atoms with Crippen LogP contribution in [0, 0.1) is 6.92 Å². The Bertz CT molecular complexity index is 527. The van der Waals surface area contributed by atoms with Gasteiger partial charge in [0.1, 0.15) is 5.01 Å². The number of aromatic nitrogens is 1. The predicted octanol–water partition coefficient (Wildman–Crippen LogP) is 4.17. The van der Waals surface area contributed by atoms with Crippen LogP contribution in [0.1, 0.15) is 35.1 Å². The molecule has 4 heteroatoms. The van der Waals surface area contributed by atoms with Gasteiger partial charge < -0.3 is 5.32 Å².